The third-order valence-electron chi connectivity index (χ3n) is 2.40. The van der Waals surface area contributed by atoms with Crippen molar-refractivity contribution in [2.75, 3.05) is 26.4 Å². The molecule has 0 aromatic carbocycles. The Labute approximate surface area is 100 Å². The number of unbranched alkanes of at least 4 members (excludes halogenated alkanes) is 4. The molecule has 0 aliphatic carbocycles. The van der Waals surface area contributed by atoms with E-state index in [1.165, 1.54) is 19.3 Å². The molecule has 0 radical (unpaired) electrons. The maximum absolute atomic E-state index is 9.50. The van der Waals surface area contributed by atoms with Crippen LogP contribution in [0.25, 0.3) is 0 Å². The highest BCUT2D eigenvalue weighted by molar-refractivity contribution is 4.51. The molecule has 1 unspecified atom stereocenters. The summed E-state index contributed by atoms with van der Waals surface area (Å²) in [5.41, 5.74) is 0. The zero-order valence-electron chi connectivity index (χ0n) is 10.9. The smallest absolute Gasteiger partial charge is 0.101 e. The third-order valence-corrected chi connectivity index (χ3v) is 2.40. The molecular weight excluding hydrogens is 204 g/mol. The van der Waals surface area contributed by atoms with Gasteiger partial charge in [-0.15, -0.1) is 0 Å². The Hall–Kier alpha value is -0.120. The van der Waals surface area contributed by atoms with E-state index in [9.17, 15) is 5.11 Å². The van der Waals surface area contributed by atoms with Crippen LogP contribution in [0.3, 0.4) is 0 Å². The van der Waals surface area contributed by atoms with Gasteiger partial charge in [0.2, 0.25) is 0 Å². The summed E-state index contributed by atoms with van der Waals surface area (Å²) in [6.45, 7) is 6.61. The molecule has 0 rings (SSSR count). The first-order chi connectivity index (χ1) is 7.81. The van der Waals surface area contributed by atoms with Crippen LogP contribution in [0.2, 0.25) is 0 Å². The van der Waals surface area contributed by atoms with E-state index in [4.69, 9.17) is 9.47 Å². The molecule has 0 aliphatic heterocycles. The molecule has 0 saturated heterocycles. The molecule has 0 spiro atoms. The summed E-state index contributed by atoms with van der Waals surface area (Å²) in [4.78, 5) is 0. The van der Waals surface area contributed by atoms with Crippen LogP contribution in [0.4, 0.5) is 0 Å². The van der Waals surface area contributed by atoms with Crippen molar-refractivity contribution in [1.29, 1.82) is 0 Å². The molecule has 0 bridgehead atoms. The molecule has 0 saturated carbocycles. The minimum Gasteiger partial charge on any atom is -0.388 e. The molecule has 3 heteroatoms. The van der Waals surface area contributed by atoms with Crippen LogP contribution in [0.15, 0.2) is 0 Å². The van der Waals surface area contributed by atoms with Crippen molar-refractivity contribution in [3.8, 4) is 0 Å². The van der Waals surface area contributed by atoms with E-state index in [2.05, 4.69) is 13.8 Å². The molecule has 1 atom stereocenters. The molecule has 3 nitrogen and oxygen atoms in total. The Morgan fingerprint density at radius 1 is 0.812 bits per heavy atom. The van der Waals surface area contributed by atoms with Crippen LogP contribution in [0.5, 0.6) is 0 Å². The highest BCUT2D eigenvalue weighted by Crippen LogP contribution is 1.99. The van der Waals surface area contributed by atoms with Gasteiger partial charge in [0.1, 0.15) is 6.10 Å². The minimum atomic E-state index is -0.469. The first-order valence-corrected chi connectivity index (χ1v) is 6.64. The monoisotopic (exact) mass is 232 g/mol. The van der Waals surface area contributed by atoms with Crippen LogP contribution >= 0.6 is 0 Å². The standard InChI is InChI=1S/C13H28O3/c1-3-5-7-8-10-16-12-13(14)11-15-9-6-4-2/h13-14H,3-12H2,1-2H3. The lowest BCUT2D eigenvalue weighted by Gasteiger charge is -2.11. The molecule has 0 amide bonds. The van der Waals surface area contributed by atoms with Gasteiger partial charge < -0.3 is 14.6 Å². The van der Waals surface area contributed by atoms with Crippen molar-refractivity contribution in [3.05, 3.63) is 0 Å². The topological polar surface area (TPSA) is 38.7 Å². The lowest BCUT2D eigenvalue weighted by molar-refractivity contribution is -0.0199. The molecular formula is C13H28O3. The molecule has 98 valence electrons. The summed E-state index contributed by atoms with van der Waals surface area (Å²) in [6, 6.07) is 0. The summed E-state index contributed by atoms with van der Waals surface area (Å²) in [7, 11) is 0. The number of aliphatic hydroxyl groups is 1. The number of aliphatic hydroxyl groups excluding tert-OH is 1. The predicted octanol–water partition coefficient (Wildman–Crippen LogP) is 2.76. The average molecular weight is 232 g/mol. The van der Waals surface area contributed by atoms with Crippen molar-refractivity contribution in [2.45, 2.75) is 58.5 Å². The Kier molecular flexibility index (Phi) is 12.9. The number of ether oxygens (including phenoxy) is 2. The van der Waals surface area contributed by atoms with Crippen molar-refractivity contribution in [3.63, 3.8) is 0 Å². The van der Waals surface area contributed by atoms with Gasteiger partial charge in [-0.05, 0) is 12.8 Å². The summed E-state index contributed by atoms with van der Waals surface area (Å²) in [5.74, 6) is 0. The fourth-order valence-electron chi connectivity index (χ4n) is 1.36. The van der Waals surface area contributed by atoms with E-state index in [1.807, 2.05) is 0 Å². The van der Waals surface area contributed by atoms with Crippen molar-refractivity contribution in [1.82, 2.24) is 0 Å². The third kappa shape index (κ3) is 12.0. The Balaban J connectivity index is 3.08. The fourth-order valence-corrected chi connectivity index (χ4v) is 1.36. The zero-order chi connectivity index (χ0) is 12.1. The van der Waals surface area contributed by atoms with E-state index >= 15 is 0 Å². The Bertz CT molecular complexity index is 128. The second-order valence-corrected chi connectivity index (χ2v) is 4.22. The van der Waals surface area contributed by atoms with Crippen LogP contribution in [0.1, 0.15) is 52.4 Å². The molecule has 0 heterocycles. The van der Waals surface area contributed by atoms with E-state index in [0.29, 0.717) is 13.2 Å². The first-order valence-electron chi connectivity index (χ1n) is 6.64. The Morgan fingerprint density at radius 2 is 1.38 bits per heavy atom. The predicted molar refractivity (Wildman–Crippen MR) is 66.7 cm³/mol. The minimum absolute atomic E-state index is 0.398. The first kappa shape index (κ1) is 15.9. The van der Waals surface area contributed by atoms with Crippen molar-refractivity contribution < 1.29 is 14.6 Å². The SMILES string of the molecule is CCCCCCOCC(O)COCCCC. The van der Waals surface area contributed by atoms with E-state index in [1.54, 1.807) is 0 Å². The zero-order valence-corrected chi connectivity index (χ0v) is 10.9. The van der Waals surface area contributed by atoms with Gasteiger partial charge in [-0.2, -0.15) is 0 Å². The van der Waals surface area contributed by atoms with Gasteiger partial charge in [-0.25, -0.2) is 0 Å². The van der Waals surface area contributed by atoms with Gasteiger partial charge in [-0.1, -0.05) is 39.5 Å². The summed E-state index contributed by atoms with van der Waals surface area (Å²) in [6.07, 6.45) is 6.55. The van der Waals surface area contributed by atoms with Gasteiger partial charge in [0, 0.05) is 13.2 Å². The van der Waals surface area contributed by atoms with Crippen molar-refractivity contribution in [2.24, 2.45) is 0 Å². The number of hydrogen-bond acceptors (Lipinski definition) is 3. The summed E-state index contributed by atoms with van der Waals surface area (Å²) in [5, 5.41) is 9.50. The lowest BCUT2D eigenvalue weighted by Crippen LogP contribution is -2.22. The molecule has 0 aliphatic rings. The highest BCUT2D eigenvalue weighted by atomic mass is 16.5. The van der Waals surface area contributed by atoms with Crippen molar-refractivity contribution >= 4 is 0 Å². The van der Waals surface area contributed by atoms with Gasteiger partial charge in [0.25, 0.3) is 0 Å². The van der Waals surface area contributed by atoms with Gasteiger partial charge in [0.15, 0.2) is 0 Å². The maximum Gasteiger partial charge on any atom is 0.101 e. The van der Waals surface area contributed by atoms with Crippen LogP contribution < -0.4 is 0 Å². The quantitative estimate of drug-likeness (QED) is 0.526. The summed E-state index contributed by atoms with van der Waals surface area (Å²) < 4.78 is 10.7. The number of hydrogen-bond donors (Lipinski definition) is 1. The molecule has 0 fully saturated rings. The van der Waals surface area contributed by atoms with Crippen LogP contribution in [0, 0.1) is 0 Å². The molecule has 0 aromatic heterocycles. The summed E-state index contributed by atoms with van der Waals surface area (Å²) >= 11 is 0. The van der Waals surface area contributed by atoms with Gasteiger partial charge in [0.05, 0.1) is 13.2 Å². The molecule has 1 N–H and O–H groups in total. The van der Waals surface area contributed by atoms with Gasteiger partial charge in [-0.3, -0.25) is 0 Å². The normalized spacial score (nSPS) is 12.9. The fraction of sp³-hybridized carbons (Fsp3) is 1.00. The highest BCUT2D eigenvalue weighted by Gasteiger charge is 2.03. The van der Waals surface area contributed by atoms with E-state index in [-0.39, 0.29) is 0 Å². The second-order valence-electron chi connectivity index (χ2n) is 4.22. The van der Waals surface area contributed by atoms with E-state index in [0.717, 1.165) is 32.5 Å². The average Bonchev–Trinajstić information content (AvgIpc) is 2.29. The van der Waals surface area contributed by atoms with Gasteiger partial charge >= 0.3 is 0 Å². The van der Waals surface area contributed by atoms with Crippen LogP contribution in [-0.2, 0) is 9.47 Å². The van der Waals surface area contributed by atoms with E-state index < -0.39 is 6.10 Å². The molecule has 16 heavy (non-hydrogen) atoms. The second kappa shape index (κ2) is 12.9. The number of rotatable bonds is 12. The lowest BCUT2D eigenvalue weighted by atomic mass is 10.2. The molecule has 0 aromatic rings. The Morgan fingerprint density at radius 3 is 1.94 bits per heavy atom. The maximum atomic E-state index is 9.50. The largest absolute Gasteiger partial charge is 0.388 e. The van der Waals surface area contributed by atoms with Crippen LogP contribution in [-0.4, -0.2) is 37.6 Å².